The molecular weight excluding hydrogens is 194 g/mol. The van der Waals surface area contributed by atoms with Gasteiger partial charge in [-0.3, -0.25) is 0 Å². The number of hydrogen-bond acceptors (Lipinski definition) is 4. The summed E-state index contributed by atoms with van der Waals surface area (Å²) >= 11 is 0. The monoisotopic (exact) mass is 207 g/mol. The summed E-state index contributed by atoms with van der Waals surface area (Å²) in [6.45, 7) is 1.06. The molecule has 1 unspecified atom stereocenters. The van der Waals surface area contributed by atoms with Crippen LogP contribution in [0.1, 0.15) is 18.0 Å². The van der Waals surface area contributed by atoms with Crippen molar-refractivity contribution in [3.05, 3.63) is 17.7 Å². The Bertz CT molecular complexity index is 392. The zero-order valence-electron chi connectivity index (χ0n) is 8.58. The summed E-state index contributed by atoms with van der Waals surface area (Å²) in [5.74, 6) is 2.51. The van der Waals surface area contributed by atoms with Crippen molar-refractivity contribution in [3.8, 4) is 17.2 Å². The van der Waals surface area contributed by atoms with Crippen LogP contribution >= 0.6 is 0 Å². The van der Waals surface area contributed by atoms with E-state index in [1.165, 1.54) is 0 Å². The molecule has 0 spiro atoms. The lowest BCUT2D eigenvalue weighted by Crippen LogP contribution is -2.23. The molecule has 3 rings (SSSR count). The third-order valence-corrected chi connectivity index (χ3v) is 2.89. The maximum absolute atomic E-state index is 5.61. The first kappa shape index (κ1) is 8.85. The van der Waals surface area contributed by atoms with Gasteiger partial charge in [-0.1, -0.05) is 0 Å². The fourth-order valence-corrected chi connectivity index (χ4v) is 2.08. The number of rotatable bonds is 1. The topological polar surface area (TPSA) is 39.7 Å². The second-order valence-corrected chi connectivity index (χ2v) is 3.72. The van der Waals surface area contributed by atoms with Gasteiger partial charge in [-0.15, -0.1) is 0 Å². The largest absolute Gasteiger partial charge is 0.493 e. The molecule has 1 atom stereocenters. The van der Waals surface area contributed by atoms with E-state index in [0.29, 0.717) is 12.8 Å². The predicted molar refractivity (Wildman–Crippen MR) is 54.5 cm³/mol. The molecule has 4 nitrogen and oxygen atoms in total. The fourth-order valence-electron chi connectivity index (χ4n) is 2.08. The van der Waals surface area contributed by atoms with Crippen LogP contribution in [-0.4, -0.2) is 20.4 Å². The van der Waals surface area contributed by atoms with Crippen LogP contribution in [0.4, 0.5) is 0 Å². The molecule has 1 N–H and O–H groups in total. The van der Waals surface area contributed by atoms with Gasteiger partial charge in [0.1, 0.15) is 5.75 Å². The van der Waals surface area contributed by atoms with Gasteiger partial charge >= 0.3 is 0 Å². The molecule has 0 aliphatic carbocycles. The van der Waals surface area contributed by atoms with Crippen LogP contribution in [0.25, 0.3) is 0 Å². The molecular formula is C11H13NO3. The summed E-state index contributed by atoms with van der Waals surface area (Å²) in [7, 11) is 1.96. The smallest absolute Gasteiger partial charge is 0.231 e. The van der Waals surface area contributed by atoms with E-state index in [1.807, 2.05) is 19.2 Å². The Morgan fingerprint density at radius 3 is 2.73 bits per heavy atom. The molecule has 2 aliphatic rings. The highest BCUT2D eigenvalue weighted by Crippen LogP contribution is 2.42. The molecule has 4 heteroatoms. The Hall–Kier alpha value is -1.42. The van der Waals surface area contributed by atoms with Crippen molar-refractivity contribution in [1.82, 2.24) is 5.32 Å². The minimum absolute atomic E-state index is 0.308. The second-order valence-electron chi connectivity index (χ2n) is 3.72. The molecule has 0 saturated carbocycles. The van der Waals surface area contributed by atoms with Crippen molar-refractivity contribution in [2.24, 2.45) is 0 Å². The summed E-state index contributed by atoms with van der Waals surface area (Å²) in [4.78, 5) is 0. The van der Waals surface area contributed by atoms with E-state index < -0.39 is 0 Å². The van der Waals surface area contributed by atoms with Crippen LogP contribution in [0.5, 0.6) is 17.2 Å². The SMILES string of the molecule is CNC1CCOc2cc3c(cc21)OCO3. The number of nitrogens with one attached hydrogen (secondary N) is 1. The Balaban J connectivity index is 2.08. The lowest BCUT2D eigenvalue weighted by Gasteiger charge is -2.25. The Morgan fingerprint density at radius 1 is 1.13 bits per heavy atom. The van der Waals surface area contributed by atoms with Gasteiger partial charge in [-0.2, -0.15) is 0 Å². The number of fused-ring (bicyclic) bond motifs is 2. The van der Waals surface area contributed by atoms with Crippen LogP contribution in [0.15, 0.2) is 12.1 Å². The summed E-state index contributed by atoms with van der Waals surface area (Å²) in [6, 6.07) is 4.28. The molecule has 2 aliphatic heterocycles. The van der Waals surface area contributed by atoms with Crippen molar-refractivity contribution in [3.63, 3.8) is 0 Å². The highest BCUT2D eigenvalue weighted by molar-refractivity contribution is 5.53. The Morgan fingerprint density at radius 2 is 1.93 bits per heavy atom. The van der Waals surface area contributed by atoms with E-state index >= 15 is 0 Å². The van der Waals surface area contributed by atoms with Crippen LogP contribution < -0.4 is 19.5 Å². The average molecular weight is 207 g/mol. The van der Waals surface area contributed by atoms with Crippen molar-refractivity contribution in [1.29, 1.82) is 0 Å². The van der Waals surface area contributed by atoms with Gasteiger partial charge in [-0.25, -0.2) is 0 Å². The number of ether oxygens (including phenoxy) is 3. The normalized spacial score (nSPS) is 22.1. The van der Waals surface area contributed by atoms with Crippen LogP contribution in [0, 0.1) is 0 Å². The van der Waals surface area contributed by atoms with Gasteiger partial charge in [-0.05, 0) is 13.1 Å². The first-order valence-electron chi connectivity index (χ1n) is 5.12. The van der Waals surface area contributed by atoms with Crippen LogP contribution in [-0.2, 0) is 0 Å². The van der Waals surface area contributed by atoms with E-state index in [4.69, 9.17) is 14.2 Å². The third kappa shape index (κ3) is 1.33. The summed E-state index contributed by atoms with van der Waals surface area (Å²) in [5, 5.41) is 3.27. The first-order valence-corrected chi connectivity index (χ1v) is 5.12. The van der Waals surface area contributed by atoms with E-state index in [0.717, 1.165) is 35.8 Å². The molecule has 0 radical (unpaired) electrons. The first-order chi connectivity index (χ1) is 7.38. The maximum atomic E-state index is 5.61. The van der Waals surface area contributed by atoms with Crippen molar-refractivity contribution < 1.29 is 14.2 Å². The standard InChI is InChI=1S/C11H13NO3/c1-12-8-2-3-13-9-5-11-10(4-7(8)9)14-6-15-11/h4-5,8,12H,2-3,6H2,1H3. The molecule has 15 heavy (non-hydrogen) atoms. The van der Waals surface area contributed by atoms with Gasteiger partial charge in [0.05, 0.1) is 6.61 Å². The van der Waals surface area contributed by atoms with E-state index in [1.54, 1.807) is 0 Å². The predicted octanol–water partition coefficient (Wildman–Crippen LogP) is 1.46. The van der Waals surface area contributed by atoms with Gasteiger partial charge in [0.25, 0.3) is 0 Å². The van der Waals surface area contributed by atoms with E-state index in [2.05, 4.69) is 5.32 Å². The van der Waals surface area contributed by atoms with Gasteiger partial charge in [0.15, 0.2) is 11.5 Å². The molecule has 2 heterocycles. The number of benzene rings is 1. The Labute approximate surface area is 88.1 Å². The van der Waals surface area contributed by atoms with Crippen molar-refractivity contribution in [2.45, 2.75) is 12.5 Å². The highest BCUT2D eigenvalue weighted by Gasteiger charge is 2.25. The van der Waals surface area contributed by atoms with Gasteiger partial charge in [0.2, 0.25) is 6.79 Å². The van der Waals surface area contributed by atoms with Crippen LogP contribution in [0.2, 0.25) is 0 Å². The van der Waals surface area contributed by atoms with Crippen molar-refractivity contribution >= 4 is 0 Å². The molecule has 0 amide bonds. The minimum Gasteiger partial charge on any atom is -0.493 e. The zero-order chi connectivity index (χ0) is 10.3. The fraction of sp³-hybridized carbons (Fsp3) is 0.455. The maximum Gasteiger partial charge on any atom is 0.231 e. The molecule has 1 aromatic rings. The van der Waals surface area contributed by atoms with E-state index in [-0.39, 0.29) is 0 Å². The molecule has 0 fully saturated rings. The summed E-state index contributed by atoms with van der Waals surface area (Å²) < 4.78 is 16.3. The lowest BCUT2D eigenvalue weighted by atomic mass is 10.0. The summed E-state index contributed by atoms with van der Waals surface area (Å²) in [6.07, 6.45) is 0.989. The molecule has 0 aromatic heterocycles. The number of hydrogen-bond donors (Lipinski definition) is 1. The molecule has 80 valence electrons. The van der Waals surface area contributed by atoms with Crippen molar-refractivity contribution in [2.75, 3.05) is 20.4 Å². The molecule has 0 bridgehead atoms. The lowest BCUT2D eigenvalue weighted by molar-refractivity contribution is 0.174. The summed E-state index contributed by atoms with van der Waals surface area (Å²) in [5.41, 5.74) is 1.16. The zero-order valence-corrected chi connectivity index (χ0v) is 8.58. The third-order valence-electron chi connectivity index (χ3n) is 2.89. The average Bonchev–Trinajstić information content (AvgIpc) is 2.72. The van der Waals surface area contributed by atoms with E-state index in [9.17, 15) is 0 Å². The quantitative estimate of drug-likeness (QED) is 0.756. The molecule has 1 aromatic carbocycles. The highest BCUT2D eigenvalue weighted by atomic mass is 16.7. The minimum atomic E-state index is 0.308. The van der Waals surface area contributed by atoms with Gasteiger partial charge < -0.3 is 19.5 Å². The van der Waals surface area contributed by atoms with Gasteiger partial charge in [0, 0.05) is 24.1 Å². The second kappa shape index (κ2) is 3.31. The Kier molecular flexibility index (Phi) is 1.95. The molecule has 0 saturated heterocycles. The van der Waals surface area contributed by atoms with Crippen LogP contribution in [0.3, 0.4) is 0 Å².